The number of hydrogen-bond acceptors (Lipinski definition) is 4. The number of hydrogen-bond donors (Lipinski definition) is 1. The van der Waals surface area contributed by atoms with Crippen molar-refractivity contribution in [2.24, 2.45) is 0 Å². The molecule has 29 heavy (non-hydrogen) atoms. The SMILES string of the molecule is C#CC1(O)COC(COCc2ccc(Cl)cc2Cl)C1OCc1ccc(Cl)cc1Cl. The summed E-state index contributed by atoms with van der Waals surface area (Å²) in [4.78, 5) is 0. The highest BCUT2D eigenvalue weighted by atomic mass is 35.5. The predicted octanol–water partition coefficient (Wildman–Crippen LogP) is 5.17. The number of aliphatic hydroxyl groups is 1. The zero-order valence-corrected chi connectivity index (χ0v) is 18.2. The van der Waals surface area contributed by atoms with E-state index in [4.69, 9.17) is 67.0 Å². The van der Waals surface area contributed by atoms with Crippen molar-refractivity contribution in [2.75, 3.05) is 13.2 Å². The van der Waals surface area contributed by atoms with Gasteiger partial charge in [-0.1, -0.05) is 64.5 Å². The minimum Gasteiger partial charge on any atom is -0.374 e. The third-order valence-electron chi connectivity index (χ3n) is 4.56. The molecule has 0 bridgehead atoms. The molecule has 1 heterocycles. The summed E-state index contributed by atoms with van der Waals surface area (Å²) in [6, 6.07) is 10.2. The molecule has 1 fully saturated rings. The minimum absolute atomic E-state index is 0.0573. The Hall–Kier alpha value is -1.000. The van der Waals surface area contributed by atoms with Gasteiger partial charge in [0.2, 0.25) is 0 Å². The standard InChI is InChI=1S/C21H18Cl4O4/c1-2-21(26)12-29-19(11-27-9-13-3-5-15(22)7-17(13)24)20(21)28-10-14-4-6-16(23)8-18(14)25/h1,3-8,19-20,26H,9-12H2. The lowest BCUT2D eigenvalue weighted by Gasteiger charge is -2.26. The lowest BCUT2D eigenvalue weighted by atomic mass is 9.97. The second kappa shape index (κ2) is 9.87. The van der Waals surface area contributed by atoms with Crippen LogP contribution in [0.4, 0.5) is 0 Å². The molecule has 0 saturated carbocycles. The van der Waals surface area contributed by atoms with Gasteiger partial charge in [0.05, 0.1) is 26.4 Å². The summed E-state index contributed by atoms with van der Waals surface area (Å²) in [7, 11) is 0. The van der Waals surface area contributed by atoms with Crippen LogP contribution in [0.2, 0.25) is 20.1 Å². The van der Waals surface area contributed by atoms with Gasteiger partial charge in [-0.3, -0.25) is 0 Å². The summed E-state index contributed by atoms with van der Waals surface area (Å²) >= 11 is 24.2. The Morgan fingerprint density at radius 1 is 1.03 bits per heavy atom. The van der Waals surface area contributed by atoms with Crippen molar-refractivity contribution in [3.63, 3.8) is 0 Å². The number of rotatable bonds is 7. The van der Waals surface area contributed by atoms with Gasteiger partial charge in [0.15, 0.2) is 5.60 Å². The van der Waals surface area contributed by atoms with E-state index in [0.717, 1.165) is 11.1 Å². The van der Waals surface area contributed by atoms with Crippen LogP contribution in [0.25, 0.3) is 0 Å². The molecule has 154 valence electrons. The average Bonchev–Trinajstić information content (AvgIpc) is 2.99. The molecule has 0 spiro atoms. The van der Waals surface area contributed by atoms with Crippen LogP contribution < -0.4 is 0 Å². The first-order valence-corrected chi connectivity index (χ1v) is 10.2. The second-order valence-corrected chi connectivity index (χ2v) is 8.32. The highest BCUT2D eigenvalue weighted by Gasteiger charge is 2.49. The van der Waals surface area contributed by atoms with Crippen LogP contribution >= 0.6 is 46.4 Å². The van der Waals surface area contributed by atoms with Crippen molar-refractivity contribution in [3.8, 4) is 12.3 Å². The van der Waals surface area contributed by atoms with Gasteiger partial charge in [-0.05, 0) is 35.4 Å². The normalized spacial score (nSPS) is 23.9. The summed E-state index contributed by atoms with van der Waals surface area (Å²) in [5.41, 5.74) is -0.0631. The molecule has 1 N–H and O–H groups in total. The largest absolute Gasteiger partial charge is 0.374 e. The molecular weight excluding hydrogens is 458 g/mol. The Labute approximate surface area is 189 Å². The number of ether oxygens (including phenoxy) is 3. The molecule has 3 unspecified atom stereocenters. The van der Waals surface area contributed by atoms with Crippen molar-refractivity contribution >= 4 is 46.4 Å². The van der Waals surface area contributed by atoms with Gasteiger partial charge in [-0.15, -0.1) is 6.42 Å². The summed E-state index contributed by atoms with van der Waals surface area (Å²) in [5, 5.41) is 12.7. The summed E-state index contributed by atoms with van der Waals surface area (Å²) in [6.07, 6.45) is 4.17. The smallest absolute Gasteiger partial charge is 0.177 e. The van der Waals surface area contributed by atoms with Gasteiger partial charge in [-0.25, -0.2) is 0 Å². The Bertz CT molecular complexity index is 914. The maximum atomic E-state index is 10.7. The van der Waals surface area contributed by atoms with Crippen LogP contribution in [-0.4, -0.2) is 36.1 Å². The molecule has 3 atom stereocenters. The molecule has 1 aliphatic rings. The zero-order valence-electron chi connectivity index (χ0n) is 15.2. The van der Waals surface area contributed by atoms with E-state index in [2.05, 4.69) is 5.92 Å². The maximum Gasteiger partial charge on any atom is 0.177 e. The highest BCUT2D eigenvalue weighted by Crippen LogP contribution is 2.30. The van der Waals surface area contributed by atoms with Crippen LogP contribution in [0.3, 0.4) is 0 Å². The lowest BCUT2D eigenvalue weighted by Crippen LogP contribution is -2.45. The molecule has 1 aliphatic heterocycles. The lowest BCUT2D eigenvalue weighted by molar-refractivity contribution is -0.0885. The molecule has 8 heteroatoms. The van der Waals surface area contributed by atoms with Gasteiger partial charge in [-0.2, -0.15) is 0 Å². The van der Waals surface area contributed by atoms with E-state index in [1.54, 1.807) is 36.4 Å². The molecular formula is C21H18Cl4O4. The van der Waals surface area contributed by atoms with Crippen molar-refractivity contribution in [1.82, 2.24) is 0 Å². The fourth-order valence-corrected chi connectivity index (χ4v) is 3.88. The first-order chi connectivity index (χ1) is 13.8. The minimum atomic E-state index is -1.56. The first-order valence-electron chi connectivity index (χ1n) is 8.71. The van der Waals surface area contributed by atoms with E-state index < -0.39 is 17.8 Å². The van der Waals surface area contributed by atoms with Crippen molar-refractivity contribution in [1.29, 1.82) is 0 Å². The molecule has 4 nitrogen and oxygen atoms in total. The fourth-order valence-electron chi connectivity index (χ4n) is 2.96. The monoisotopic (exact) mass is 474 g/mol. The van der Waals surface area contributed by atoms with Gasteiger partial charge in [0.25, 0.3) is 0 Å². The van der Waals surface area contributed by atoms with Crippen LogP contribution in [0.1, 0.15) is 11.1 Å². The van der Waals surface area contributed by atoms with Crippen molar-refractivity contribution < 1.29 is 19.3 Å². The Kier molecular flexibility index (Phi) is 7.72. The third kappa shape index (κ3) is 5.58. The van der Waals surface area contributed by atoms with Gasteiger partial charge >= 0.3 is 0 Å². The van der Waals surface area contributed by atoms with Gasteiger partial charge < -0.3 is 19.3 Å². The molecule has 0 aliphatic carbocycles. The van der Waals surface area contributed by atoms with Crippen LogP contribution in [0.5, 0.6) is 0 Å². The number of halogens is 4. The number of benzene rings is 2. The van der Waals surface area contributed by atoms with Gasteiger partial charge in [0.1, 0.15) is 12.2 Å². The van der Waals surface area contributed by atoms with Crippen molar-refractivity contribution in [2.45, 2.75) is 31.0 Å². The predicted molar refractivity (Wildman–Crippen MR) is 115 cm³/mol. The third-order valence-corrected chi connectivity index (χ3v) is 5.74. The second-order valence-electron chi connectivity index (χ2n) is 6.64. The van der Waals surface area contributed by atoms with E-state index in [1.165, 1.54) is 0 Å². The van der Waals surface area contributed by atoms with Crippen molar-refractivity contribution in [3.05, 3.63) is 67.6 Å². The topological polar surface area (TPSA) is 47.9 Å². The maximum absolute atomic E-state index is 10.7. The van der Waals surface area contributed by atoms with Crippen LogP contribution in [-0.2, 0) is 27.4 Å². The molecule has 0 amide bonds. The first kappa shape index (κ1) is 22.7. The molecule has 1 saturated heterocycles. The molecule has 0 aromatic heterocycles. The summed E-state index contributed by atoms with van der Waals surface area (Å²) in [5.74, 6) is 2.36. The van der Waals surface area contributed by atoms with Crippen LogP contribution in [0, 0.1) is 12.3 Å². The van der Waals surface area contributed by atoms with Gasteiger partial charge in [0, 0.05) is 20.1 Å². The number of terminal acetylenes is 1. The molecule has 2 aromatic carbocycles. The van der Waals surface area contributed by atoms with E-state index in [0.29, 0.717) is 20.1 Å². The van der Waals surface area contributed by atoms with E-state index in [9.17, 15) is 5.11 Å². The Balaban J connectivity index is 1.63. The van der Waals surface area contributed by atoms with E-state index in [1.807, 2.05) is 0 Å². The molecule has 3 rings (SSSR count). The quantitative estimate of drug-likeness (QED) is 0.561. The Morgan fingerprint density at radius 2 is 1.62 bits per heavy atom. The van der Waals surface area contributed by atoms with Crippen LogP contribution in [0.15, 0.2) is 36.4 Å². The highest BCUT2D eigenvalue weighted by molar-refractivity contribution is 6.35. The van der Waals surface area contributed by atoms with E-state index in [-0.39, 0.29) is 26.4 Å². The molecule has 0 radical (unpaired) electrons. The summed E-state index contributed by atoms with van der Waals surface area (Å²) in [6.45, 7) is 0.480. The van der Waals surface area contributed by atoms with E-state index >= 15 is 0 Å². The summed E-state index contributed by atoms with van der Waals surface area (Å²) < 4.78 is 17.3. The zero-order chi connectivity index (χ0) is 21.0. The average molecular weight is 476 g/mol. The Morgan fingerprint density at radius 3 is 2.17 bits per heavy atom. The fraction of sp³-hybridized carbons (Fsp3) is 0.333. The molecule has 2 aromatic rings.